The Morgan fingerprint density at radius 2 is 1.94 bits per heavy atom. The van der Waals surface area contributed by atoms with Gasteiger partial charge in [0.25, 0.3) is 5.91 Å². The van der Waals surface area contributed by atoms with Gasteiger partial charge >= 0.3 is 0 Å². The van der Waals surface area contributed by atoms with Gasteiger partial charge in [-0.15, -0.1) is 11.3 Å². The number of thiazole rings is 1. The Morgan fingerprint density at radius 1 is 1.11 bits per heavy atom. The number of hydrogen-bond donors (Lipinski definition) is 4. The van der Waals surface area contributed by atoms with E-state index in [0.717, 1.165) is 40.9 Å². The van der Waals surface area contributed by atoms with Crippen LogP contribution in [-0.4, -0.2) is 26.8 Å². The number of nitrogens with one attached hydrogen (secondary N) is 3. The Labute approximate surface area is 206 Å². The summed E-state index contributed by atoms with van der Waals surface area (Å²) in [5, 5.41) is 12.2. The standard InChI is InChI=1S/C26H25N7OS/c1-2-28-14-17-11-12-33-23(15-29-24(33)13-17)22-16-35-26(32-22)30-19-9-7-18(8-10-19)25(34)31-21-6-4-3-5-20(21)27/h3-13,15-16,28H,2,14,27H2,1H3,(H,30,32)(H,31,34). The number of fused-ring (bicyclic) bond motifs is 1. The van der Waals surface area contributed by atoms with E-state index in [2.05, 4.69) is 40.0 Å². The molecule has 3 aromatic heterocycles. The fraction of sp³-hybridized carbons (Fsp3) is 0.115. The van der Waals surface area contributed by atoms with Crippen LogP contribution < -0.4 is 21.7 Å². The average Bonchev–Trinajstić information content (AvgIpc) is 3.51. The predicted molar refractivity (Wildman–Crippen MR) is 142 cm³/mol. The zero-order valence-corrected chi connectivity index (χ0v) is 20.0. The molecule has 176 valence electrons. The fourth-order valence-corrected chi connectivity index (χ4v) is 4.40. The Bertz CT molecular complexity index is 1470. The lowest BCUT2D eigenvalue weighted by molar-refractivity contribution is 0.102. The van der Waals surface area contributed by atoms with Crippen LogP contribution in [0, 0.1) is 0 Å². The van der Waals surface area contributed by atoms with Crippen molar-refractivity contribution < 1.29 is 4.79 Å². The first-order valence-corrected chi connectivity index (χ1v) is 12.1. The molecule has 0 aliphatic carbocycles. The molecule has 8 nitrogen and oxygen atoms in total. The third-order valence-corrected chi connectivity index (χ3v) is 6.29. The molecule has 0 aliphatic rings. The number of hydrogen-bond acceptors (Lipinski definition) is 7. The molecule has 0 unspecified atom stereocenters. The molecular formula is C26H25N7OS. The van der Waals surface area contributed by atoms with Crippen LogP contribution in [0.1, 0.15) is 22.8 Å². The Morgan fingerprint density at radius 3 is 2.74 bits per heavy atom. The van der Waals surface area contributed by atoms with E-state index in [9.17, 15) is 4.79 Å². The van der Waals surface area contributed by atoms with Gasteiger partial charge in [-0.3, -0.25) is 9.20 Å². The first kappa shape index (κ1) is 22.6. The largest absolute Gasteiger partial charge is 0.397 e. The van der Waals surface area contributed by atoms with Gasteiger partial charge in [-0.2, -0.15) is 0 Å². The molecule has 0 atom stereocenters. The summed E-state index contributed by atoms with van der Waals surface area (Å²) in [6.07, 6.45) is 3.88. The molecular weight excluding hydrogens is 458 g/mol. The van der Waals surface area contributed by atoms with E-state index >= 15 is 0 Å². The molecule has 3 heterocycles. The van der Waals surface area contributed by atoms with Crippen molar-refractivity contribution >= 4 is 45.1 Å². The van der Waals surface area contributed by atoms with Crippen LogP contribution in [0.25, 0.3) is 17.0 Å². The molecule has 35 heavy (non-hydrogen) atoms. The van der Waals surface area contributed by atoms with Crippen LogP contribution in [-0.2, 0) is 6.54 Å². The van der Waals surface area contributed by atoms with E-state index in [-0.39, 0.29) is 5.91 Å². The highest BCUT2D eigenvalue weighted by Crippen LogP contribution is 2.28. The van der Waals surface area contributed by atoms with Gasteiger partial charge in [-0.05, 0) is 60.6 Å². The maximum absolute atomic E-state index is 12.5. The summed E-state index contributed by atoms with van der Waals surface area (Å²) in [5.41, 5.74) is 12.3. The molecule has 5 aromatic rings. The topological polar surface area (TPSA) is 109 Å². The third kappa shape index (κ3) is 5.01. The second-order valence-electron chi connectivity index (χ2n) is 7.97. The Balaban J connectivity index is 1.27. The minimum Gasteiger partial charge on any atom is -0.397 e. The van der Waals surface area contributed by atoms with Gasteiger partial charge in [-0.1, -0.05) is 19.1 Å². The van der Waals surface area contributed by atoms with Gasteiger partial charge in [0.05, 0.1) is 23.3 Å². The van der Waals surface area contributed by atoms with Crippen molar-refractivity contribution in [2.75, 3.05) is 22.9 Å². The number of rotatable bonds is 8. The number of aromatic nitrogens is 3. The molecule has 0 fully saturated rings. The van der Waals surface area contributed by atoms with Crippen LogP contribution >= 0.6 is 11.3 Å². The number of nitrogens with two attached hydrogens (primary N) is 1. The monoisotopic (exact) mass is 483 g/mol. The number of carbonyl (C=O) groups excluding carboxylic acids is 1. The SMILES string of the molecule is CCNCc1ccn2c(-c3csc(Nc4ccc(C(=O)Nc5ccccc5N)cc4)n3)cnc2c1. The predicted octanol–water partition coefficient (Wildman–Crippen LogP) is 5.15. The highest BCUT2D eigenvalue weighted by Gasteiger charge is 2.12. The van der Waals surface area contributed by atoms with E-state index in [1.54, 1.807) is 24.3 Å². The fourth-order valence-electron chi connectivity index (χ4n) is 3.67. The molecule has 2 aromatic carbocycles. The van der Waals surface area contributed by atoms with Crippen molar-refractivity contribution in [2.24, 2.45) is 0 Å². The van der Waals surface area contributed by atoms with Crippen molar-refractivity contribution in [3.05, 3.63) is 89.6 Å². The average molecular weight is 484 g/mol. The van der Waals surface area contributed by atoms with Gasteiger partial charge < -0.3 is 21.7 Å². The van der Waals surface area contributed by atoms with E-state index in [1.165, 1.54) is 16.9 Å². The summed E-state index contributed by atoms with van der Waals surface area (Å²) >= 11 is 1.51. The van der Waals surface area contributed by atoms with Gasteiger partial charge in [0.1, 0.15) is 11.3 Å². The van der Waals surface area contributed by atoms with E-state index < -0.39 is 0 Å². The molecule has 0 saturated heterocycles. The lowest BCUT2D eigenvalue weighted by atomic mass is 10.2. The Kier molecular flexibility index (Phi) is 6.42. The van der Waals surface area contributed by atoms with E-state index in [0.29, 0.717) is 16.9 Å². The van der Waals surface area contributed by atoms with Gasteiger partial charge in [-0.25, -0.2) is 9.97 Å². The normalized spacial score (nSPS) is 11.0. The van der Waals surface area contributed by atoms with Crippen LogP contribution in [0.2, 0.25) is 0 Å². The molecule has 5 rings (SSSR count). The number of benzene rings is 2. The second kappa shape index (κ2) is 9.96. The molecule has 9 heteroatoms. The van der Waals surface area contributed by atoms with Gasteiger partial charge in [0, 0.05) is 29.4 Å². The number of nitrogen functional groups attached to an aromatic ring is 1. The third-order valence-electron chi connectivity index (χ3n) is 5.53. The maximum Gasteiger partial charge on any atom is 0.255 e. The quantitative estimate of drug-likeness (QED) is 0.227. The molecule has 0 radical (unpaired) electrons. The van der Waals surface area contributed by atoms with Crippen molar-refractivity contribution in [2.45, 2.75) is 13.5 Å². The number of para-hydroxylation sites is 2. The Hall–Kier alpha value is -4.21. The van der Waals surface area contributed by atoms with Gasteiger partial charge in [0.15, 0.2) is 5.13 Å². The number of imidazole rings is 1. The summed E-state index contributed by atoms with van der Waals surface area (Å²) in [4.78, 5) is 21.8. The number of nitrogens with zero attached hydrogens (tertiary/aromatic N) is 3. The number of anilines is 4. The summed E-state index contributed by atoms with van der Waals surface area (Å²) in [5.74, 6) is -0.216. The molecule has 0 aliphatic heterocycles. The molecule has 1 amide bonds. The van der Waals surface area contributed by atoms with Crippen LogP contribution in [0.5, 0.6) is 0 Å². The zero-order chi connectivity index (χ0) is 24.2. The highest BCUT2D eigenvalue weighted by molar-refractivity contribution is 7.14. The second-order valence-corrected chi connectivity index (χ2v) is 8.83. The number of carbonyl (C=O) groups is 1. The van der Waals surface area contributed by atoms with Crippen LogP contribution in [0.3, 0.4) is 0 Å². The first-order chi connectivity index (χ1) is 17.1. The summed E-state index contributed by atoms with van der Waals surface area (Å²) in [6.45, 7) is 3.84. The molecule has 0 saturated carbocycles. The molecule has 0 spiro atoms. The van der Waals surface area contributed by atoms with Crippen LogP contribution in [0.4, 0.5) is 22.2 Å². The van der Waals surface area contributed by atoms with Crippen molar-refractivity contribution in [3.63, 3.8) is 0 Å². The zero-order valence-electron chi connectivity index (χ0n) is 19.2. The minimum atomic E-state index is -0.216. The summed E-state index contributed by atoms with van der Waals surface area (Å²) in [6, 6.07) is 18.6. The summed E-state index contributed by atoms with van der Waals surface area (Å²) < 4.78 is 2.04. The number of amides is 1. The van der Waals surface area contributed by atoms with E-state index in [1.807, 2.05) is 46.4 Å². The van der Waals surface area contributed by atoms with E-state index in [4.69, 9.17) is 10.7 Å². The van der Waals surface area contributed by atoms with Crippen LogP contribution in [0.15, 0.2) is 78.4 Å². The molecule has 5 N–H and O–H groups in total. The van der Waals surface area contributed by atoms with Crippen molar-refractivity contribution in [3.8, 4) is 11.4 Å². The van der Waals surface area contributed by atoms with Gasteiger partial charge in [0.2, 0.25) is 0 Å². The minimum absolute atomic E-state index is 0.216. The van der Waals surface area contributed by atoms with Crippen molar-refractivity contribution in [1.82, 2.24) is 19.7 Å². The smallest absolute Gasteiger partial charge is 0.255 e. The molecule has 0 bridgehead atoms. The lowest BCUT2D eigenvalue weighted by Gasteiger charge is -2.08. The first-order valence-electron chi connectivity index (χ1n) is 11.3. The lowest BCUT2D eigenvalue weighted by Crippen LogP contribution is -2.13. The maximum atomic E-state index is 12.5. The highest BCUT2D eigenvalue weighted by atomic mass is 32.1. The number of pyridine rings is 1. The summed E-state index contributed by atoms with van der Waals surface area (Å²) in [7, 11) is 0. The van der Waals surface area contributed by atoms with Crippen molar-refractivity contribution in [1.29, 1.82) is 0 Å².